The molecule has 0 radical (unpaired) electrons. The van der Waals surface area contributed by atoms with Crippen molar-refractivity contribution in [2.45, 2.75) is 25.8 Å². The van der Waals surface area contributed by atoms with E-state index in [0.717, 1.165) is 24.5 Å². The van der Waals surface area contributed by atoms with E-state index in [2.05, 4.69) is 10.6 Å². The molecule has 1 aliphatic rings. The van der Waals surface area contributed by atoms with Crippen LogP contribution in [0.2, 0.25) is 5.02 Å². The predicted octanol–water partition coefficient (Wildman–Crippen LogP) is 2.92. The van der Waals surface area contributed by atoms with Gasteiger partial charge in [0, 0.05) is 23.4 Å². The second kappa shape index (κ2) is 9.57. The number of nitrogens with one attached hydrogen (secondary N) is 2. The molecule has 0 heterocycles. The molecule has 3 amide bonds. The molecule has 162 valence electrons. The molecule has 0 unspecified atom stereocenters. The number of hydrogen-bond acceptors (Lipinski definition) is 5. The molecular weight excluding hydrogens is 424 g/mol. The lowest BCUT2D eigenvalue weighted by Gasteiger charge is -2.22. The number of amides is 3. The third kappa shape index (κ3) is 6.02. The fourth-order valence-corrected chi connectivity index (χ4v) is 3.21. The van der Waals surface area contributed by atoms with Gasteiger partial charge in [0.2, 0.25) is 11.8 Å². The van der Waals surface area contributed by atoms with Crippen molar-refractivity contribution in [1.82, 2.24) is 10.2 Å². The first-order chi connectivity index (χ1) is 14.7. The maximum Gasteiger partial charge on any atom is 0.288 e. The summed E-state index contributed by atoms with van der Waals surface area (Å²) in [4.78, 5) is 49.1. The largest absolute Gasteiger partial charge is 0.345 e. The highest BCUT2D eigenvalue weighted by molar-refractivity contribution is 6.32. The van der Waals surface area contributed by atoms with Crippen molar-refractivity contribution >= 4 is 40.7 Å². The molecule has 31 heavy (non-hydrogen) atoms. The van der Waals surface area contributed by atoms with Gasteiger partial charge in [0.1, 0.15) is 11.6 Å². The normalized spacial score (nSPS) is 12.7. The minimum absolute atomic E-state index is 0.0723. The maximum atomic E-state index is 12.9. The predicted molar refractivity (Wildman–Crippen MR) is 115 cm³/mol. The Morgan fingerprint density at radius 1 is 1.16 bits per heavy atom. The van der Waals surface area contributed by atoms with Gasteiger partial charge in [0.05, 0.1) is 11.5 Å². The molecule has 1 fully saturated rings. The highest BCUT2D eigenvalue weighted by Gasteiger charge is 2.35. The molecular formula is C21H21ClN4O5. The highest BCUT2D eigenvalue weighted by atomic mass is 35.5. The number of anilines is 1. The minimum Gasteiger partial charge on any atom is -0.345 e. The maximum absolute atomic E-state index is 12.9. The lowest BCUT2D eigenvalue weighted by Crippen LogP contribution is -2.43. The molecule has 1 aliphatic carbocycles. The first kappa shape index (κ1) is 22.2. The fourth-order valence-electron chi connectivity index (χ4n) is 3.02. The fraction of sp³-hybridized carbons (Fsp3) is 0.286. The number of nitro groups is 1. The van der Waals surface area contributed by atoms with Crippen molar-refractivity contribution < 1.29 is 19.3 Å². The second-order valence-electron chi connectivity index (χ2n) is 7.28. The Balaban J connectivity index is 1.59. The van der Waals surface area contributed by atoms with Crippen LogP contribution in [-0.4, -0.2) is 46.7 Å². The summed E-state index contributed by atoms with van der Waals surface area (Å²) in [5, 5.41) is 16.2. The van der Waals surface area contributed by atoms with Gasteiger partial charge in [-0.2, -0.15) is 0 Å². The number of nitro benzene ring substituents is 1. The molecule has 0 aliphatic heterocycles. The Kier molecular flexibility index (Phi) is 6.86. The molecule has 9 nitrogen and oxygen atoms in total. The summed E-state index contributed by atoms with van der Waals surface area (Å²) < 4.78 is 0. The lowest BCUT2D eigenvalue weighted by atomic mass is 10.1. The topological polar surface area (TPSA) is 122 Å². The number of rotatable bonds is 8. The van der Waals surface area contributed by atoms with Gasteiger partial charge in [0.15, 0.2) is 0 Å². The molecule has 3 rings (SSSR count). The molecule has 2 aromatic carbocycles. The average Bonchev–Trinajstić information content (AvgIpc) is 3.55. The molecule has 10 heteroatoms. The lowest BCUT2D eigenvalue weighted by molar-refractivity contribution is -0.384. The molecule has 2 N–H and O–H groups in total. The SMILES string of the molecule is Cc1cccc(NC(=O)CNC(=O)CN(C(=O)c2ccc(Cl)c([N+](=O)[O-])c2)C2CC2)c1. The Bertz CT molecular complexity index is 1040. The number of carbonyl (C=O) groups excluding carboxylic acids is 3. The smallest absolute Gasteiger partial charge is 0.288 e. The van der Waals surface area contributed by atoms with Crippen molar-refractivity contribution in [1.29, 1.82) is 0 Å². The Hall–Kier alpha value is -3.46. The van der Waals surface area contributed by atoms with E-state index in [0.29, 0.717) is 5.69 Å². The van der Waals surface area contributed by atoms with Gasteiger partial charge in [0.25, 0.3) is 11.6 Å². The van der Waals surface area contributed by atoms with Crippen LogP contribution < -0.4 is 10.6 Å². The Morgan fingerprint density at radius 3 is 2.55 bits per heavy atom. The van der Waals surface area contributed by atoms with Crippen molar-refractivity contribution in [2.75, 3.05) is 18.4 Å². The first-order valence-corrected chi connectivity index (χ1v) is 10.0. The van der Waals surface area contributed by atoms with Crippen LogP contribution in [0.3, 0.4) is 0 Å². The van der Waals surface area contributed by atoms with Crippen LogP contribution in [0.15, 0.2) is 42.5 Å². The van der Waals surface area contributed by atoms with E-state index in [9.17, 15) is 24.5 Å². The Labute approximate surface area is 183 Å². The van der Waals surface area contributed by atoms with E-state index >= 15 is 0 Å². The third-order valence-corrected chi connectivity index (χ3v) is 5.02. The molecule has 0 spiro atoms. The van der Waals surface area contributed by atoms with Crippen LogP contribution in [-0.2, 0) is 9.59 Å². The van der Waals surface area contributed by atoms with Crippen molar-refractivity contribution in [3.63, 3.8) is 0 Å². The van der Waals surface area contributed by atoms with Gasteiger partial charge in [-0.25, -0.2) is 0 Å². The summed E-state index contributed by atoms with van der Waals surface area (Å²) in [6.45, 7) is 1.40. The van der Waals surface area contributed by atoms with Crippen molar-refractivity contribution in [3.05, 3.63) is 68.7 Å². The van der Waals surface area contributed by atoms with Gasteiger partial charge >= 0.3 is 0 Å². The Morgan fingerprint density at radius 2 is 1.90 bits per heavy atom. The summed E-state index contributed by atoms with van der Waals surface area (Å²) in [6, 6.07) is 10.9. The minimum atomic E-state index is -0.667. The van der Waals surface area contributed by atoms with E-state index in [4.69, 9.17) is 11.6 Å². The zero-order chi connectivity index (χ0) is 22.5. The van der Waals surface area contributed by atoms with Crippen LogP contribution >= 0.6 is 11.6 Å². The second-order valence-corrected chi connectivity index (χ2v) is 7.69. The monoisotopic (exact) mass is 444 g/mol. The van der Waals surface area contributed by atoms with Crippen LogP contribution in [0.4, 0.5) is 11.4 Å². The van der Waals surface area contributed by atoms with E-state index < -0.39 is 22.6 Å². The van der Waals surface area contributed by atoms with E-state index in [1.54, 1.807) is 12.1 Å². The van der Waals surface area contributed by atoms with E-state index in [-0.39, 0.29) is 35.4 Å². The number of aryl methyl sites for hydroxylation is 1. The number of carbonyl (C=O) groups is 3. The van der Waals surface area contributed by atoms with Crippen LogP contribution in [0.25, 0.3) is 0 Å². The standard InChI is InChI=1S/C21H21ClN4O5/c1-13-3-2-4-15(9-13)24-19(27)11-23-20(28)12-25(16-6-7-16)21(29)14-5-8-17(22)18(10-14)26(30)31/h2-5,8-10,16H,6-7,11-12H2,1H3,(H,23,28)(H,24,27). The van der Waals surface area contributed by atoms with Gasteiger partial charge in [-0.3, -0.25) is 24.5 Å². The summed E-state index contributed by atoms with van der Waals surface area (Å²) in [7, 11) is 0. The molecule has 0 atom stereocenters. The number of halogens is 1. The average molecular weight is 445 g/mol. The summed E-state index contributed by atoms with van der Waals surface area (Å²) in [5.41, 5.74) is 1.31. The van der Waals surface area contributed by atoms with Gasteiger partial charge in [-0.15, -0.1) is 0 Å². The summed E-state index contributed by atoms with van der Waals surface area (Å²) in [6.07, 6.45) is 1.48. The van der Waals surface area contributed by atoms with Gasteiger partial charge < -0.3 is 15.5 Å². The van der Waals surface area contributed by atoms with Crippen LogP contribution in [0.1, 0.15) is 28.8 Å². The van der Waals surface area contributed by atoms with Gasteiger partial charge in [-0.05, 0) is 49.6 Å². The summed E-state index contributed by atoms with van der Waals surface area (Å²) in [5.74, 6) is -1.39. The van der Waals surface area contributed by atoms with Crippen molar-refractivity contribution in [3.8, 4) is 0 Å². The highest BCUT2D eigenvalue weighted by Crippen LogP contribution is 2.30. The van der Waals surface area contributed by atoms with E-state index in [1.165, 1.54) is 17.0 Å². The van der Waals surface area contributed by atoms with Crippen molar-refractivity contribution in [2.24, 2.45) is 0 Å². The quantitative estimate of drug-likeness (QED) is 0.479. The van der Waals surface area contributed by atoms with Crippen LogP contribution in [0, 0.1) is 17.0 Å². The molecule has 2 aromatic rings. The van der Waals surface area contributed by atoms with Gasteiger partial charge in [-0.1, -0.05) is 23.7 Å². The third-order valence-electron chi connectivity index (χ3n) is 4.70. The molecule has 0 saturated heterocycles. The molecule has 1 saturated carbocycles. The number of nitrogens with zero attached hydrogens (tertiary/aromatic N) is 2. The zero-order valence-electron chi connectivity index (χ0n) is 16.8. The number of benzene rings is 2. The van der Waals surface area contributed by atoms with Crippen LogP contribution in [0.5, 0.6) is 0 Å². The number of hydrogen-bond donors (Lipinski definition) is 2. The molecule has 0 bridgehead atoms. The zero-order valence-corrected chi connectivity index (χ0v) is 17.5. The first-order valence-electron chi connectivity index (χ1n) is 9.62. The summed E-state index contributed by atoms with van der Waals surface area (Å²) >= 11 is 5.80. The van der Waals surface area contributed by atoms with E-state index in [1.807, 2.05) is 19.1 Å². The molecule has 0 aromatic heterocycles.